The van der Waals surface area contributed by atoms with Crippen molar-refractivity contribution in [2.24, 2.45) is 0 Å². The van der Waals surface area contributed by atoms with Gasteiger partial charge in [-0.15, -0.1) is 0 Å². The fourth-order valence-corrected chi connectivity index (χ4v) is 3.87. The molecule has 0 fully saturated rings. The minimum Gasteiger partial charge on any atom is -0.478 e. The summed E-state index contributed by atoms with van der Waals surface area (Å²) in [6.45, 7) is 4.70. The standard InChI is InChI=1S/C14H18O7S.2C2H7N/c1-4-7-10(13(15)16)8(5-2)12(22(19,20)21)9(6-3)11(7)14(17)18;2*1-3-2/h4-6H2,1-3H3,(H,15,16)(H,17,18)(H,19,20,21);2*3H,1-2H3. The second-order valence-electron chi connectivity index (χ2n) is 5.66. The molecule has 0 bridgehead atoms. The lowest BCUT2D eigenvalue weighted by molar-refractivity contribution is 0.0693. The van der Waals surface area contributed by atoms with E-state index in [2.05, 4.69) is 10.6 Å². The molecule has 1 rings (SSSR count). The van der Waals surface area contributed by atoms with Crippen LogP contribution in [0.3, 0.4) is 0 Å². The summed E-state index contributed by atoms with van der Waals surface area (Å²) in [5.41, 5.74) is -0.761. The lowest BCUT2D eigenvalue weighted by Crippen LogP contribution is -2.21. The Labute approximate surface area is 166 Å². The van der Waals surface area contributed by atoms with E-state index in [1.807, 2.05) is 28.2 Å². The Morgan fingerprint density at radius 3 is 1.14 bits per heavy atom. The van der Waals surface area contributed by atoms with Gasteiger partial charge in [0.15, 0.2) is 0 Å². The van der Waals surface area contributed by atoms with Crippen LogP contribution >= 0.6 is 0 Å². The highest BCUT2D eigenvalue weighted by Crippen LogP contribution is 2.33. The van der Waals surface area contributed by atoms with Gasteiger partial charge in [0.05, 0.1) is 11.1 Å². The van der Waals surface area contributed by atoms with Crippen molar-refractivity contribution in [2.45, 2.75) is 44.9 Å². The predicted octanol–water partition coefficient (Wildman–Crippen LogP) is 1.69. The van der Waals surface area contributed by atoms with Crippen LogP contribution in [-0.4, -0.2) is 63.3 Å². The first-order valence-corrected chi connectivity index (χ1v) is 10.2. The third-order valence-corrected chi connectivity index (χ3v) is 4.51. The van der Waals surface area contributed by atoms with Crippen molar-refractivity contribution >= 4 is 22.1 Å². The highest BCUT2D eigenvalue weighted by molar-refractivity contribution is 7.86. The average Bonchev–Trinajstić information content (AvgIpc) is 2.58. The average molecular weight is 421 g/mol. The molecule has 1 aromatic carbocycles. The monoisotopic (exact) mass is 420 g/mol. The Bertz CT molecular complexity index is 730. The van der Waals surface area contributed by atoms with Crippen molar-refractivity contribution in [3.05, 3.63) is 27.8 Å². The van der Waals surface area contributed by atoms with Gasteiger partial charge >= 0.3 is 11.9 Å². The zero-order valence-corrected chi connectivity index (χ0v) is 18.3. The molecular weight excluding hydrogens is 388 g/mol. The molecule has 0 unspecified atom stereocenters. The maximum absolute atomic E-state index is 11.7. The van der Waals surface area contributed by atoms with Gasteiger partial charge in [0, 0.05) is 0 Å². The zero-order valence-electron chi connectivity index (χ0n) is 17.5. The van der Waals surface area contributed by atoms with Crippen molar-refractivity contribution in [1.29, 1.82) is 0 Å². The van der Waals surface area contributed by atoms with E-state index in [4.69, 9.17) is 0 Å². The molecule has 0 saturated heterocycles. The third kappa shape index (κ3) is 7.19. The van der Waals surface area contributed by atoms with Gasteiger partial charge in [-0.3, -0.25) is 4.55 Å². The Hall–Kier alpha value is -2.01. The van der Waals surface area contributed by atoms with E-state index in [-0.39, 0.29) is 47.1 Å². The molecule has 10 heteroatoms. The van der Waals surface area contributed by atoms with Crippen molar-refractivity contribution < 1.29 is 32.8 Å². The second-order valence-corrected chi connectivity index (χ2v) is 7.02. The lowest BCUT2D eigenvalue weighted by Gasteiger charge is -2.20. The topological polar surface area (TPSA) is 153 Å². The first-order chi connectivity index (χ1) is 12.9. The van der Waals surface area contributed by atoms with Gasteiger partial charge in [0.25, 0.3) is 10.1 Å². The summed E-state index contributed by atoms with van der Waals surface area (Å²) >= 11 is 0. The fraction of sp³-hybridized carbons (Fsp3) is 0.556. The minimum atomic E-state index is -4.75. The van der Waals surface area contributed by atoms with Crippen LogP contribution in [0, 0.1) is 0 Å². The van der Waals surface area contributed by atoms with Crippen LogP contribution in [0.25, 0.3) is 0 Å². The molecule has 0 atom stereocenters. The van der Waals surface area contributed by atoms with Gasteiger partial charge in [0.2, 0.25) is 0 Å². The number of carboxylic acid groups (broad SMARTS) is 2. The molecule has 0 saturated carbocycles. The number of aromatic carboxylic acids is 2. The molecule has 9 nitrogen and oxygen atoms in total. The quantitative estimate of drug-likeness (QED) is 0.433. The SMILES string of the molecule is CCc1c(C(=O)O)c(CC)c(S(=O)(=O)O)c(CC)c1C(=O)O.CNC.CNC. The molecule has 0 aliphatic rings. The Morgan fingerprint density at radius 1 is 0.750 bits per heavy atom. The van der Waals surface area contributed by atoms with E-state index < -0.39 is 27.0 Å². The molecule has 0 spiro atoms. The van der Waals surface area contributed by atoms with Crippen molar-refractivity contribution in [2.75, 3.05) is 28.2 Å². The maximum Gasteiger partial charge on any atom is 0.336 e. The van der Waals surface area contributed by atoms with Crippen LogP contribution in [0.4, 0.5) is 0 Å². The summed E-state index contributed by atoms with van der Waals surface area (Å²) in [6, 6.07) is 0. The second kappa shape index (κ2) is 13.2. The van der Waals surface area contributed by atoms with Crippen molar-refractivity contribution in [1.82, 2.24) is 10.6 Å². The van der Waals surface area contributed by atoms with Gasteiger partial charge in [-0.1, -0.05) is 20.8 Å². The Morgan fingerprint density at radius 2 is 1.00 bits per heavy atom. The number of nitrogens with one attached hydrogen (secondary N) is 2. The van der Waals surface area contributed by atoms with Crippen LogP contribution in [0.15, 0.2) is 4.90 Å². The van der Waals surface area contributed by atoms with Gasteiger partial charge in [-0.25, -0.2) is 9.59 Å². The van der Waals surface area contributed by atoms with E-state index >= 15 is 0 Å². The molecule has 0 radical (unpaired) electrons. The van der Waals surface area contributed by atoms with Crippen LogP contribution in [-0.2, 0) is 29.4 Å². The van der Waals surface area contributed by atoms with Crippen LogP contribution in [0.2, 0.25) is 0 Å². The smallest absolute Gasteiger partial charge is 0.336 e. The summed E-state index contributed by atoms with van der Waals surface area (Å²) in [6.07, 6.45) is 0.197. The molecule has 28 heavy (non-hydrogen) atoms. The summed E-state index contributed by atoms with van der Waals surface area (Å²) < 4.78 is 32.9. The Balaban J connectivity index is 0. The summed E-state index contributed by atoms with van der Waals surface area (Å²) in [7, 11) is 2.75. The van der Waals surface area contributed by atoms with Gasteiger partial charge < -0.3 is 20.8 Å². The number of benzene rings is 1. The maximum atomic E-state index is 11.7. The largest absolute Gasteiger partial charge is 0.478 e. The lowest BCUT2D eigenvalue weighted by atomic mass is 9.88. The normalized spacial score (nSPS) is 10.3. The van der Waals surface area contributed by atoms with Crippen molar-refractivity contribution in [3.63, 3.8) is 0 Å². The number of hydrogen-bond donors (Lipinski definition) is 5. The van der Waals surface area contributed by atoms with Gasteiger partial charge in [-0.05, 0) is 64.1 Å². The van der Waals surface area contributed by atoms with Gasteiger partial charge in [-0.2, -0.15) is 8.42 Å². The van der Waals surface area contributed by atoms with Crippen molar-refractivity contribution in [3.8, 4) is 0 Å². The summed E-state index contributed by atoms with van der Waals surface area (Å²) in [4.78, 5) is 22.5. The van der Waals surface area contributed by atoms with Gasteiger partial charge in [0.1, 0.15) is 4.90 Å². The first-order valence-electron chi connectivity index (χ1n) is 8.76. The molecule has 162 valence electrons. The summed E-state index contributed by atoms with van der Waals surface area (Å²) in [5.74, 6) is -2.83. The number of rotatable bonds is 6. The highest BCUT2D eigenvalue weighted by atomic mass is 32.2. The zero-order chi connectivity index (χ0) is 22.7. The van der Waals surface area contributed by atoms with E-state index in [1.54, 1.807) is 20.8 Å². The van der Waals surface area contributed by atoms with Crippen LogP contribution in [0.1, 0.15) is 58.2 Å². The molecule has 0 aromatic heterocycles. The predicted molar refractivity (Wildman–Crippen MR) is 108 cm³/mol. The molecule has 0 amide bonds. The first kappa shape index (κ1) is 28.2. The number of carbonyl (C=O) groups is 2. The highest BCUT2D eigenvalue weighted by Gasteiger charge is 2.32. The van der Waals surface area contributed by atoms with E-state index in [9.17, 15) is 32.8 Å². The minimum absolute atomic E-state index is 0.0383. The Kier molecular flexibility index (Phi) is 13.3. The molecule has 5 N–H and O–H groups in total. The molecule has 0 aliphatic heterocycles. The number of carboxylic acids is 2. The van der Waals surface area contributed by atoms with E-state index in [1.165, 1.54) is 0 Å². The third-order valence-electron chi connectivity index (χ3n) is 3.50. The summed E-state index contributed by atoms with van der Waals surface area (Å²) in [5, 5.41) is 24.3. The van der Waals surface area contributed by atoms with Crippen LogP contribution in [0.5, 0.6) is 0 Å². The molecule has 0 heterocycles. The van der Waals surface area contributed by atoms with E-state index in [0.717, 1.165) is 0 Å². The van der Waals surface area contributed by atoms with E-state index in [0.29, 0.717) is 0 Å². The molecule has 1 aromatic rings. The number of hydrogen-bond acceptors (Lipinski definition) is 6. The molecule has 0 aliphatic carbocycles. The fourth-order valence-electron chi connectivity index (χ4n) is 2.75. The molecular formula is C18H32N2O7S. The van der Waals surface area contributed by atoms with Crippen LogP contribution < -0.4 is 10.6 Å².